The summed E-state index contributed by atoms with van der Waals surface area (Å²) in [5, 5.41) is 11.0. The van der Waals surface area contributed by atoms with Gasteiger partial charge in [-0.2, -0.15) is 0 Å². The Morgan fingerprint density at radius 2 is 2.00 bits per heavy atom. The first-order chi connectivity index (χ1) is 13.0. The predicted molar refractivity (Wildman–Crippen MR) is 108 cm³/mol. The number of nitrogens with one attached hydrogen (secondary N) is 1. The Bertz CT molecular complexity index is 945. The molecule has 0 saturated heterocycles. The summed E-state index contributed by atoms with van der Waals surface area (Å²) in [5.41, 5.74) is 3.08. The Morgan fingerprint density at radius 1 is 1.19 bits per heavy atom. The Hall–Kier alpha value is -2.32. The van der Waals surface area contributed by atoms with E-state index in [9.17, 15) is 4.79 Å². The van der Waals surface area contributed by atoms with Crippen LogP contribution >= 0.6 is 27.7 Å². The van der Waals surface area contributed by atoms with Gasteiger partial charge in [-0.1, -0.05) is 30.0 Å². The zero-order valence-corrected chi connectivity index (χ0v) is 17.3. The molecule has 27 heavy (non-hydrogen) atoms. The number of amides is 1. The van der Waals surface area contributed by atoms with Gasteiger partial charge in [0, 0.05) is 4.47 Å². The summed E-state index contributed by atoms with van der Waals surface area (Å²) in [6.45, 7) is 4.26. The van der Waals surface area contributed by atoms with Crippen LogP contribution in [0.2, 0.25) is 0 Å². The van der Waals surface area contributed by atoms with Crippen molar-refractivity contribution in [2.45, 2.75) is 25.7 Å². The molecule has 6 nitrogen and oxygen atoms in total. The summed E-state index contributed by atoms with van der Waals surface area (Å²) in [7, 11) is 0. The highest BCUT2D eigenvalue weighted by molar-refractivity contribution is 9.10. The van der Waals surface area contributed by atoms with E-state index in [2.05, 4.69) is 31.4 Å². The number of ether oxygens (including phenoxy) is 1. The van der Waals surface area contributed by atoms with E-state index >= 15 is 0 Å². The third-order valence-electron chi connectivity index (χ3n) is 3.76. The van der Waals surface area contributed by atoms with E-state index in [1.807, 2.05) is 56.3 Å². The number of benzene rings is 2. The second kappa shape index (κ2) is 9.05. The van der Waals surface area contributed by atoms with Gasteiger partial charge in [0.1, 0.15) is 5.75 Å². The van der Waals surface area contributed by atoms with Crippen molar-refractivity contribution in [1.82, 2.24) is 10.2 Å². The molecule has 1 N–H and O–H groups in total. The normalized spacial score (nSPS) is 10.6. The number of anilines is 1. The van der Waals surface area contributed by atoms with Crippen molar-refractivity contribution < 1.29 is 13.9 Å². The number of hydrogen-bond acceptors (Lipinski definition) is 6. The average Bonchev–Trinajstić information content (AvgIpc) is 3.11. The van der Waals surface area contributed by atoms with Gasteiger partial charge in [-0.3, -0.25) is 4.79 Å². The molecule has 1 amide bonds. The molecular formula is C19H18BrN3O3S. The smallest absolute Gasteiger partial charge is 0.277 e. The molecular weight excluding hydrogens is 430 g/mol. The van der Waals surface area contributed by atoms with Crippen molar-refractivity contribution in [3.8, 4) is 5.75 Å². The van der Waals surface area contributed by atoms with Crippen LogP contribution in [0.25, 0.3) is 0 Å². The summed E-state index contributed by atoms with van der Waals surface area (Å²) in [6.07, 6.45) is 0. The standard InChI is InChI=1S/C19H18BrN3O3S/c1-12-7-8-14(9-13(12)2)25-10-18-22-23-19(26-18)27-11-17(24)21-16-6-4-3-5-15(16)20/h3-9H,10-11H2,1-2H3,(H,21,24). The van der Waals surface area contributed by atoms with Crippen molar-refractivity contribution in [2.75, 3.05) is 11.1 Å². The minimum absolute atomic E-state index is 0.155. The quantitative estimate of drug-likeness (QED) is 0.526. The van der Waals surface area contributed by atoms with Crippen LogP contribution in [0.3, 0.4) is 0 Å². The SMILES string of the molecule is Cc1ccc(OCc2nnc(SCC(=O)Nc3ccccc3Br)o2)cc1C. The van der Waals surface area contributed by atoms with Gasteiger partial charge in [0.2, 0.25) is 5.91 Å². The molecule has 8 heteroatoms. The molecule has 1 heterocycles. The molecule has 0 spiro atoms. The van der Waals surface area contributed by atoms with Gasteiger partial charge >= 0.3 is 0 Å². The van der Waals surface area contributed by atoms with Crippen molar-refractivity contribution in [2.24, 2.45) is 0 Å². The molecule has 0 bridgehead atoms. The van der Waals surface area contributed by atoms with Gasteiger partial charge in [-0.25, -0.2) is 0 Å². The van der Waals surface area contributed by atoms with Crippen LogP contribution in [0.5, 0.6) is 5.75 Å². The second-order valence-electron chi connectivity index (χ2n) is 5.81. The molecule has 0 aliphatic heterocycles. The predicted octanol–water partition coefficient (Wildman–Crippen LogP) is 4.76. The second-order valence-corrected chi connectivity index (χ2v) is 7.59. The fourth-order valence-corrected chi connectivity index (χ4v) is 3.14. The summed E-state index contributed by atoms with van der Waals surface area (Å²) in [4.78, 5) is 12.0. The van der Waals surface area contributed by atoms with Crippen LogP contribution < -0.4 is 10.1 Å². The van der Waals surface area contributed by atoms with Crippen LogP contribution in [0.4, 0.5) is 5.69 Å². The van der Waals surface area contributed by atoms with Gasteiger partial charge in [-0.05, 0) is 65.2 Å². The third-order valence-corrected chi connectivity index (χ3v) is 5.27. The Kier molecular flexibility index (Phi) is 6.52. The van der Waals surface area contributed by atoms with Crippen molar-refractivity contribution in [3.05, 3.63) is 64.0 Å². The van der Waals surface area contributed by atoms with Crippen LogP contribution in [0, 0.1) is 13.8 Å². The molecule has 3 rings (SSSR count). The minimum atomic E-state index is -0.155. The largest absolute Gasteiger partial charge is 0.484 e. The lowest BCUT2D eigenvalue weighted by atomic mass is 10.1. The highest BCUT2D eigenvalue weighted by atomic mass is 79.9. The first-order valence-electron chi connectivity index (χ1n) is 8.21. The lowest BCUT2D eigenvalue weighted by Crippen LogP contribution is -2.14. The highest BCUT2D eigenvalue weighted by Gasteiger charge is 2.11. The van der Waals surface area contributed by atoms with E-state index in [4.69, 9.17) is 9.15 Å². The first-order valence-corrected chi connectivity index (χ1v) is 9.99. The Morgan fingerprint density at radius 3 is 2.78 bits per heavy atom. The molecule has 0 fully saturated rings. The lowest BCUT2D eigenvalue weighted by Gasteiger charge is -2.06. The molecule has 1 aromatic heterocycles. The van der Waals surface area contributed by atoms with E-state index in [0.717, 1.165) is 21.5 Å². The van der Waals surface area contributed by atoms with Crippen molar-refractivity contribution in [1.29, 1.82) is 0 Å². The monoisotopic (exact) mass is 447 g/mol. The number of para-hydroxylation sites is 1. The van der Waals surface area contributed by atoms with Crippen LogP contribution in [-0.4, -0.2) is 21.9 Å². The van der Waals surface area contributed by atoms with Crippen LogP contribution in [0.15, 0.2) is 56.6 Å². The Labute approximate surface area is 169 Å². The van der Waals surface area contributed by atoms with E-state index in [-0.39, 0.29) is 18.3 Å². The number of hydrogen-bond donors (Lipinski definition) is 1. The zero-order valence-electron chi connectivity index (χ0n) is 14.9. The molecule has 0 unspecified atom stereocenters. The van der Waals surface area contributed by atoms with Crippen molar-refractivity contribution in [3.63, 3.8) is 0 Å². The summed E-state index contributed by atoms with van der Waals surface area (Å²) >= 11 is 4.57. The number of thioether (sulfide) groups is 1. The third kappa shape index (κ3) is 5.58. The molecule has 0 aliphatic carbocycles. The lowest BCUT2D eigenvalue weighted by molar-refractivity contribution is -0.113. The number of carbonyl (C=O) groups is 1. The number of nitrogens with zero attached hydrogens (tertiary/aromatic N) is 2. The van der Waals surface area contributed by atoms with Crippen LogP contribution in [0.1, 0.15) is 17.0 Å². The highest BCUT2D eigenvalue weighted by Crippen LogP contribution is 2.23. The van der Waals surface area contributed by atoms with Crippen molar-refractivity contribution >= 4 is 39.3 Å². The maximum absolute atomic E-state index is 12.0. The van der Waals surface area contributed by atoms with E-state index < -0.39 is 0 Å². The van der Waals surface area contributed by atoms with E-state index in [0.29, 0.717) is 11.1 Å². The fourth-order valence-electron chi connectivity index (χ4n) is 2.18. The summed E-state index contributed by atoms with van der Waals surface area (Å²) < 4.78 is 12.0. The number of aryl methyl sites for hydroxylation is 2. The van der Waals surface area contributed by atoms with Gasteiger partial charge in [0.15, 0.2) is 6.61 Å². The van der Waals surface area contributed by atoms with Gasteiger partial charge < -0.3 is 14.5 Å². The Balaban J connectivity index is 1.48. The minimum Gasteiger partial charge on any atom is -0.484 e. The molecule has 0 atom stereocenters. The van der Waals surface area contributed by atoms with E-state index in [1.54, 1.807) is 0 Å². The number of halogens is 1. The van der Waals surface area contributed by atoms with Gasteiger partial charge in [-0.15, -0.1) is 10.2 Å². The molecule has 0 radical (unpaired) electrons. The maximum atomic E-state index is 12.0. The topological polar surface area (TPSA) is 77.2 Å². The maximum Gasteiger partial charge on any atom is 0.277 e. The van der Waals surface area contributed by atoms with Gasteiger partial charge in [0.05, 0.1) is 11.4 Å². The fraction of sp³-hybridized carbons (Fsp3) is 0.211. The molecule has 0 saturated carbocycles. The van der Waals surface area contributed by atoms with Gasteiger partial charge in [0.25, 0.3) is 11.1 Å². The number of rotatable bonds is 7. The van der Waals surface area contributed by atoms with E-state index in [1.165, 1.54) is 17.3 Å². The number of carbonyl (C=O) groups excluding carboxylic acids is 1. The first kappa shape index (κ1) is 19.4. The molecule has 2 aromatic carbocycles. The molecule has 140 valence electrons. The molecule has 0 aliphatic rings. The summed E-state index contributed by atoms with van der Waals surface area (Å²) in [5.74, 6) is 1.12. The molecule has 3 aromatic rings. The summed E-state index contributed by atoms with van der Waals surface area (Å²) in [6, 6.07) is 13.3. The zero-order chi connectivity index (χ0) is 19.2. The average molecular weight is 448 g/mol. The van der Waals surface area contributed by atoms with Crippen LogP contribution in [-0.2, 0) is 11.4 Å². The number of aromatic nitrogens is 2.